The second kappa shape index (κ2) is 5.71. The number of benzene rings is 1. The van der Waals surface area contributed by atoms with Crippen LogP contribution in [0.4, 0.5) is 4.39 Å². The number of rotatable bonds is 4. The van der Waals surface area contributed by atoms with E-state index in [1.54, 1.807) is 23.9 Å². The third-order valence-electron chi connectivity index (χ3n) is 2.32. The first-order valence-corrected chi connectivity index (χ1v) is 6.53. The van der Waals surface area contributed by atoms with Crippen LogP contribution in [-0.2, 0) is 0 Å². The second-order valence-electron chi connectivity index (χ2n) is 3.59. The fourth-order valence-corrected chi connectivity index (χ4v) is 1.82. The van der Waals surface area contributed by atoms with Gasteiger partial charge in [-0.15, -0.1) is 11.8 Å². The Labute approximate surface area is 113 Å². The Kier molecular flexibility index (Phi) is 4.01. The smallest absolute Gasteiger partial charge is 0.341 e. The standard InChI is InChI=1S/C13H10FNO3S/c1-19-10-4-2-9(3-5-10)18-12-11(13(16)17)6-8(14)7-15-12/h2-7H,1H3,(H,16,17). The Hall–Kier alpha value is -2.08. The van der Waals surface area contributed by atoms with Gasteiger partial charge in [-0.2, -0.15) is 0 Å². The number of hydrogen-bond acceptors (Lipinski definition) is 4. The molecule has 0 spiro atoms. The van der Waals surface area contributed by atoms with Crippen molar-refractivity contribution in [1.82, 2.24) is 4.98 Å². The van der Waals surface area contributed by atoms with Crippen LogP contribution in [0.25, 0.3) is 0 Å². The van der Waals surface area contributed by atoms with Crippen LogP contribution in [0.1, 0.15) is 10.4 Å². The predicted molar refractivity (Wildman–Crippen MR) is 69.5 cm³/mol. The van der Waals surface area contributed by atoms with Crippen LogP contribution in [0.2, 0.25) is 0 Å². The number of pyridine rings is 1. The highest BCUT2D eigenvalue weighted by Gasteiger charge is 2.15. The van der Waals surface area contributed by atoms with Crippen molar-refractivity contribution in [2.75, 3.05) is 6.26 Å². The minimum atomic E-state index is -1.29. The van der Waals surface area contributed by atoms with Crippen LogP contribution in [0.3, 0.4) is 0 Å². The SMILES string of the molecule is CSc1ccc(Oc2ncc(F)cc2C(=O)O)cc1. The third kappa shape index (κ3) is 3.23. The van der Waals surface area contributed by atoms with Gasteiger partial charge in [0.1, 0.15) is 17.1 Å². The molecule has 0 atom stereocenters. The number of carbonyl (C=O) groups is 1. The molecule has 98 valence electrons. The van der Waals surface area contributed by atoms with E-state index in [0.717, 1.165) is 17.2 Å². The summed E-state index contributed by atoms with van der Waals surface area (Å²) >= 11 is 1.58. The topological polar surface area (TPSA) is 59.4 Å². The molecule has 0 aliphatic carbocycles. The molecule has 4 nitrogen and oxygen atoms in total. The molecular weight excluding hydrogens is 269 g/mol. The maximum Gasteiger partial charge on any atom is 0.341 e. The van der Waals surface area contributed by atoms with Gasteiger partial charge in [0.2, 0.25) is 5.88 Å². The van der Waals surface area contributed by atoms with E-state index in [2.05, 4.69) is 4.98 Å². The van der Waals surface area contributed by atoms with Gasteiger partial charge in [-0.05, 0) is 36.6 Å². The molecule has 1 aromatic heterocycles. The summed E-state index contributed by atoms with van der Waals surface area (Å²) < 4.78 is 18.3. The molecule has 0 radical (unpaired) electrons. The van der Waals surface area contributed by atoms with Gasteiger partial charge < -0.3 is 9.84 Å². The van der Waals surface area contributed by atoms with Crippen molar-refractivity contribution in [2.45, 2.75) is 4.90 Å². The molecular formula is C13H10FNO3S. The minimum Gasteiger partial charge on any atom is -0.477 e. The Morgan fingerprint density at radius 2 is 2.05 bits per heavy atom. The number of carboxylic acids is 1. The summed E-state index contributed by atoms with van der Waals surface area (Å²) in [5, 5.41) is 8.96. The van der Waals surface area contributed by atoms with E-state index in [-0.39, 0.29) is 11.4 Å². The lowest BCUT2D eigenvalue weighted by Crippen LogP contribution is -2.02. The first-order chi connectivity index (χ1) is 9.10. The molecule has 0 saturated heterocycles. The number of halogens is 1. The van der Waals surface area contributed by atoms with E-state index in [4.69, 9.17) is 9.84 Å². The molecule has 0 fully saturated rings. The highest BCUT2D eigenvalue weighted by molar-refractivity contribution is 7.98. The molecule has 0 saturated carbocycles. The van der Waals surface area contributed by atoms with E-state index in [9.17, 15) is 9.18 Å². The number of aromatic carboxylic acids is 1. The lowest BCUT2D eigenvalue weighted by atomic mass is 10.2. The van der Waals surface area contributed by atoms with Crippen LogP contribution in [-0.4, -0.2) is 22.3 Å². The van der Waals surface area contributed by atoms with Crippen molar-refractivity contribution in [2.24, 2.45) is 0 Å². The van der Waals surface area contributed by atoms with Gasteiger partial charge in [-0.25, -0.2) is 14.2 Å². The molecule has 0 unspecified atom stereocenters. The van der Waals surface area contributed by atoms with Crippen molar-refractivity contribution in [3.05, 3.63) is 47.9 Å². The summed E-state index contributed by atoms with van der Waals surface area (Å²) in [6.45, 7) is 0. The Bertz CT molecular complexity index is 601. The zero-order chi connectivity index (χ0) is 13.8. The summed E-state index contributed by atoms with van der Waals surface area (Å²) in [5.74, 6) is -1.70. The first kappa shape index (κ1) is 13.4. The number of ether oxygens (including phenoxy) is 1. The van der Waals surface area contributed by atoms with E-state index >= 15 is 0 Å². The summed E-state index contributed by atoms with van der Waals surface area (Å²) in [5.41, 5.74) is -0.311. The van der Waals surface area contributed by atoms with Crippen molar-refractivity contribution >= 4 is 17.7 Å². The largest absolute Gasteiger partial charge is 0.477 e. The monoisotopic (exact) mass is 279 g/mol. The molecule has 0 aliphatic rings. The fourth-order valence-electron chi connectivity index (χ4n) is 1.42. The van der Waals surface area contributed by atoms with Gasteiger partial charge >= 0.3 is 5.97 Å². The zero-order valence-electron chi connectivity index (χ0n) is 9.96. The van der Waals surface area contributed by atoms with Crippen LogP contribution in [0, 0.1) is 5.82 Å². The molecule has 1 heterocycles. The highest BCUT2D eigenvalue weighted by atomic mass is 32.2. The van der Waals surface area contributed by atoms with Crippen molar-refractivity contribution in [1.29, 1.82) is 0 Å². The molecule has 2 aromatic rings. The number of thioether (sulfide) groups is 1. The van der Waals surface area contributed by atoms with Gasteiger partial charge in [-0.3, -0.25) is 0 Å². The van der Waals surface area contributed by atoms with Crippen LogP contribution < -0.4 is 4.74 Å². The zero-order valence-corrected chi connectivity index (χ0v) is 10.8. The lowest BCUT2D eigenvalue weighted by molar-refractivity contribution is 0.0692. The minimum absolute atomic E-state index is 0.134. The van der Waals surface area contributed by atoms with Crippen molar-refractivity contribution in [3.8, 4) is 11.6 Å². The Morgan fingerprint density at radius 3 is 2.63 bits per heavy atom. The highest BCUT2D eigenvalue weighted by Crippen LogP contribution is 2.25. The Balaban J connectivity index is 2.29. The van der Waals surface area contributed by atoms with Gasteiger partial charge in [0.15, 0.2) is 0 Å². The van der Waals surface area contributed by atoms with Crippen molar-refractivity contribution in [3.63, 3.8) is 0 Å². The Morgan fingerprint density at radius 1 is 1.37 bits per heavy atom. The predicted octanol–water partition coefficient (Wildman–Crippen LogP) is 3.43. The number of carboxylic acid groups (broad SMARTS) is 1. The van der Waals surface area contributed by atoms with E-state index in [0.29, 0.717) is 5.75 Å². The summed E-state index contributed by atoms with van der Waals surface area (Å²) in [6, 6.07) is 7.94. The molecule has 1 aromatic carbocycles. The third-order valence-corrected chi connectivity index (χ3v) is 3.07. The molecule has 0 bridgehead atoms. The second-order valence-corrected chi connectivity index (χ2v) is 4.47. The first-order valence-electron chi connectivity index (χ1n) is 5.31. The normalized spacial score (nSPS) is 10.2. The van der Waals surface area contributed by atoms with Crippen molar-refractivity contribution < 1.29 is 19.0 Å². The molecule has 0 aliphatic heterocycles. The van der Waals surface area contributed by atoms with E-state index in [1.165, 1.54) is 0 Å². The number of aromatic nitrogens is 1. The molecule has 0 amide bonds. The maximum absolute atomic E-state index is 13.0. The van der Waals surface area contributed by atoms with E-state index in [1.807, 2.05) is 18.4 Å². The van der Waals surface area contributed by atoms with Crippen LogP contribution >= 0.6 is 11.8 Å². The summed E-state index contributed by atoms with van der Waals surface area (Å²) in [7, 11) is 0. The van der Waals surface area contributed by atoms with Gasteiger partial charge in [-0.1, -0.05) is 0 Å². The summed E-state index contributed by atoms with van der Waals surface area (Å²) in [6.07, 6.45) is 2.86. The number of hydrogen-bond donors (Lipinski definition) is 1. The van der Waals surface area contributed by atoms with Gasteiger partial charge in [0, 0.05) is 4.90 Å². The average molecular weight is 279 g/mol. The fraction of sp³-hybridized carbons (Fsp3) is 0.0769. The molecule has 6 heteroatoms. The van der Waals surface area contributed by atoms with Crippen LogP contribution in [0.5, 0.6) is 11.6 Å². The maximum atomic E-state index is 13.0. The lowest BCUT2D eigenvalue weighted by Gasteiger charge is -2.07. The van der Waals surface area contributed by atoms with Crippen LogP contribution in [0.15, 0.2) is 41.4 Å². The van der Waals surface area contributed by atoms with E-state index < -0.39 is 11.8 Å². The molecule has 2 rings (SSSR count). The quantitative estimate of drug-likeness (QED) is 0.869. The average Bonchev–Trinajstić information content (AvgIpc) is 2.41. The molecule has 1 N–H and O–H groups in total. The summed E-state index contributed by atoms with van der Waals surface area (Å²) in [4.78, 5) is 15.7. The molecule has 19 heavy (non-hydrogen) atoms. The van der Waals surface area contributed by atoms with Gasteiger partial charge in [0.05, 0.1) is 6.20 Å². The van der Waals surface area contributed by atoms with Gasteiger partial charge in [0.25, 0.3) is 0 Å². The number of nitrogens with zero attached hydrogens (tertiary/aromatic N) is 1.